The van der Waals surface area contributed by atoms with Crippen LogP contribution >= 0.6 is 0 Å². The molecule has 0 radical (unpaired) electrons. The van der Waals surface area contributed by atoms with E-state index in [2.05, 4.69) is 15.1 Å². The molecule has 3 rings (SSSR count). The molecule has 3 heterocycles. The quantitative estimate of drug-likeness (QED) is 0.857. The fourth-order valence-electron chi connectivity index (χ4n) is 2.72. The number of alkyl halides is 3. The van der Waals surface area contributed by atoms with Gasteiger partial charge >= 0.3 is 6.18 Å². The van der Waals surface area contributed by atoms with E-state index >= 15 is 0 Å². The lowest BCUT2D eigenvalue weighted by atomic mass is 10.2. The molecule has 1 unspecified atom stereocenters. The Balaban J connectivity index is 1.73. The molecule has 1 fully saturated rings. The molecule has 2 aromatic heterocycles. The number of rotatable bonds is 3. The second-order valence-corrected chi connectivity index (χ2v) is 5.79. The maximum atomic E-state index is 12.8. The van der Waals surface area contributed by atoms with E-state index in [1.54, 1.807) is 4.90 Å². The first-order chi connectivity index (χ1) is 11.3. The second-order valence-electron chi connectivity index (χ2n) is 5.79. The van der Waals surface area contributed by atoms with Crippen LogP contribution in [0, 0.1) is 13.8 Å². The monoisotopic (exact) mass is 341 g/mol. The molecule has 1 aliphatic heterocycles. The van der Waals surface area contributed by atoms with Gasteiger partial charge in [0.05, 0.1) is 24.9 Å². The van der Waals surface area contributed by atoms with Crippen LogP contribution in [0.3, 0.4) is 0 Å². The van der Waals surface area contributed by atoms with Crippen LogP contribution < -0.4 is 4.90 Å². The lowest BCUT2D eigenvalue weighted by Crippen LogP contribution is -2.45. The Morgan fingerprint density at radius 3 is 2.79 bits per heavy atom. The van der Waals surface area contributed by atoms with Gasteiger partial charge in [0.25, 0.3) is 0 Å². The van der Waals surface area contributed by atoms with E-state index in [-0.39, 0.29) is 12.1 Å². The van der Waals surface area contributed by atoms with Crippen LogP contribution in [0.5, 0.6) is 0 Å². The zero-order valence-electron chi connectivity index (χ0n) is 13.4. The molecular formula is C15H18F3N5O. The number of hydrogen-bond donors (Lipinski definition) is 0. The van der Waals surface area contributed by atoms with Gasteiger partial charge in [0.1, 0.15) is 5.69 Å². The summed E-state index contributed by atoms with van der Waals surface area (Å²) in [6.07, 6.45) is -3.53. The minimum atomic E-state index is -4.48. The Morgan fingerprint density at radius 2 is 2.12 bits per heavy atom. The van der Waals surface area contributed by atoms with Gasteiger partial charge in [0, 0.05) is 25.0 Å². The fourth-order valence-corrected chi connectivity index (χ4v) is 2.72. The normalized spacial score (nSPS) is 18.9. The molecule has 0 N–H and O–H groups in total. The highest BCUT2D eigenvalue weighted by molar-refractivity contribution is 5.31. The van der Waals surface area contributed by atoms with Crippen LogP contribution in [0.2, 0.25) is 0 Å². The van der Waals surface area contributed by atoms with Crippen molar-refractivity contribution < 1.29 is 17.9 Å². The molecule has 0 aliphatic carbocycles. The van der Waals surface area contributed by atoms with Gasteiger partial charge in [-0.15, -0.1) is 0 Å². The zero-order valence-corrected chi connectivity index (χ0v) is 13.4. The topological polar surface area (TPSA) is 56.1 Å². The van der Waals surface area contributed by atoms with Crippen molar-refractivity contribution in [3.05, 3.63) is 35.4 Å². The van der Waals surface area contributed by atoms with E-state index in [4.69, 9.17) is 4.74 Å². The number of morpholine rings is 1. The molecule has 0 bridgehead atoms. The molecule has 2 aromatic rings. The molecule has 1 atom stereocenters. The van der Waals surface area contributed by atoms with Crippen molar-refractivity contribution in [2.24, 2.45) is 0 Å². The molecule has 9 heteroatoms. The first kappa shape index (κ1) is 16.7. The number of halogens is 3. The third-order valence-electron chi connectivity index (χ3n) is 3.83. The summed E-state index contributed by atoms with van der Waals surface area (Å²) < 4.78 is 46.0. The second kappa shape index (κ2) is 6.39. The maximum Gasteiger partial charge on any atom is 0.433 e. The zero-order chi connectivity index (χ0) is 17.3. The van der Waals surface area contributed by atoms with Crippen molar-refractivity contribution in [1.29, 1.82) is 0 Å². The predicted octanol–water partition coefficient (Wildman–Crippen LogP) is 2.21. The van der Waals surface area contributed by atoms with Gasteiger partial charge in [-0.1, -0.05) is 0 Å². The van der Waals surface area contributed by atoms with Gasteiger partial charge < -0.3 is 9.64 Å². The van der Waals surface area contributed by atoms with Crippen molar-refractivity contribution in [2.45, 2.75) is 32.7 Å². The minimum Gasteiger partial charge on any atom is -0.373 e. The summed E-state index contributed by atoms with van der Waals surface area (Å²) >= 11 is 0. The van der Waals surface area contributed by atoms with Crippen LogP contribution in [-0.4, -0.2) is 45.5 Å². The Labute approximate surface area is 137 Å². The summed E-state index contributed by atoms with van der Waals surface area (Å²) in [4.78, 5) is 9.34. The van der Waals surface area contributed by atoms with Crippen LogP contribution in [0.1, 0.15) is 17.1 Å². The van der Waals surface area contributed by atoms with Gasteiger partial charge in [-0.25, -0.2) is 9.97 Å². The van der Waals surface area contributed by atoms with E-state index in [1.807, 2.05) is 24.6 Å². The van der Waals surface area contributed by atoms with Gasteiger partial charge in [0.2, 0.25) is 5.95 Å². The first-order valence-electron chi connectivity index (χ1n) is 7.61. The molecule has 0 aromatic carbocycles. The van der Waals surface area contributed by atoms with Crippen LogP contribution in [0.25, 0.3) is 0 Å². The Morgan fingerprint density at radius 1 is 1.33 bits per heavy atom. The number of aromatic nitrogens is 4. The number of anilines is 1. The maximum absolute atomic E-state index is 12.8. The van der Waals surface area contributed by atoms with E-state index in [9.17, 15) is 13.2 Å². The number of aryl methyl sites for hydroxylation is 2. The number of ether oxygens (including phenoxy) is 1. The molecule has 24 heavy (non-hydrogen) atoms. The van der Waals surface area contributed by atoms with Gasteiger partial charge in [-0.05, 0) is 26.0 Å². The third kappa shape index (κ3) is 3.66. The standard InChI is InChI=1S/C15H18F3N5O/c1-10-7-11(2)23(21-10)9-12-8-22(5-6-24-12)14-19-4-3-13(20-14)15(16,17)18/h3-4,7,12H,5-6,8-9H2,1-2H3. The highest BCUT2D eigenvalue weighted by atomic mass is 19.4. The smallest absolute Gasteiger partial charge is 0.373 e. The highest BCUT2D eigenvalue weighted by Crippen LogP contribution is 2.28. The summed E-state index contributed by atoms with van der Waals surface area (Å²) in [6.45, 7) is 5.68. The van der Waals surface area contributed by atoms with Crippen molar-refractivity contribution in [2.75, 3.05) is 24.6 Å². The minimum absolute atomic E-state index is 0.0755. The van der Waals surface area contributed by atoms with E-state index in [0.29, 0.717) is 26.2 Å². The van der Waals surface area contributed by atoms with Gasteiger partial charge in [-0.3, -0.25) is 4.68 Å². The van der Waals surface area contributed by atoms with Crippen LogP contribution in [0.15, 0.2) is 18.3 Å². The van der Waals surface area contributed by atoms with Gasteiger partial charge in [0.15, 0.2) is 0 Å². The average Bonchev–Trinajstić information content (AvgIpc) is 2.84. The number of nitrogens with zero attached hydrogens (tertiary/aromatic N) is 5. The van der Waals surface area contributed by atoms with Crippen LogP contribution in [-0.2, 0) is 17.5 Å². The molecule has 1 saturated heterocycles. The van der Waals surface area contributed by atoms with Gasteiger partial charge in [-0.2, -0.15) is 18.3 Å². The highest BCUT2D eigenvalue weighted by Gasteiger charge is 2.33. The van der Waals surface area contributed by atoms with E-state index in [0.717, 1.165) is 23.7 Å². The third-order valence-corrected chi connectivity index (χ3v) is 3.83. The van der Waals surface area contributed by atoms with Crippen molar-refractivity contribution in [3.8, 4) is 0 Å². The molecule has 0 saturated carbocycles. The molecule has 0 spiro atoms. The van der Waals surface area contributed by atoms with Crippen molar-refractivity contribution >= 4 is 5.95 Å². The largest absolute Gasteiger partial charge is 0.433 e. The average molecular weight is 341 g/mol. The van der Waals surface area contributed by atoms with E-state index in [1.165, 1.54) is 0 Å². The number of hydrogen-bond acceptors (Lipinski definition) is 5. The summed E-state index contributed by atoms with van der Waals surface area (Å²) in [5, 5.41) is 4.39. The summed E-state index contributed by atoms with van der Waals surface area (Å²) in [5.41, 5.74) is 0.999. The lowest BCUT2D eigenvalue weighted by Gasteiger charge is -2.33. The molecule has 6 nitrogen and oxygen atoms in total. The van der Waals surface area contributed by atoms with Crippen LogP contribution in [0.4, 0.5) is 19.1 Å². The SMILES string of the molecule is Cc1cc(C)n(CC2CN(c3nccc(C(F)(F)F)n3)CCO2)n1. The predicted molar refractivity (Wildman–Crippen MR) is 80.7 cm³/mol. The molecule has 0 amide bonds. The van der Waals surface area contributed by atoms with Crippen molar-refractivity contribution in [1.82, 2.24) is 19.7 Å². The molecular weight excluding hydrogens is 323 g/mol. The summed E-state index contributed by atoms with van der Waals surface area (Å²) in [7, 11) is 0. The Kier molecular flexibility index (Phi) is 4.44. The summed E-state index contributed by atoms with van der Waals surface area (Å²) in [5.74, 6) is 0.0755. The summed E-state index contributed by atoms with van der Waals surface area (Å²) in [6, 6.07) is 2.84. The molecule has 1 aliphatic rings. The Hall–Kier alpha value is -2.16. The molecule has 130 valence electrons. The lowest BCUT2D eigenvalue weighted by molar-refractivity contribution is -0.141. The first-order valence-corrected chi connectivity index (χ1v) is 7.61. The fraction of sp³-hybridized carbons (Fsp3) is 0.533. The van der Waals surface area contributed by atoms with Crippen molar-refractivity contribution in [3.63, 3.8) is 0 Å². The van der Waals surface area contributed by atoms with E-state index < -0.39 is 11.9 Å². The Bertz CT molecular complexity index is 715.